The number of unbranched alkanes of at least 4 members (excludes halogenated alkanes) is 1. The van der Waals surface area contributed by atoms with E-state index in [0.29, 0.717) is 45.4 Å². The van der Waals surface area contributed by atoms with Gasteiger partial charge in [0.25, 0.3) is 0 Å². The molecule has 1 aromatic heterocycles. The molecule has 10 heteroatoms. The monoisotopic (exact) mass is 516 g/mol. The number of hydrogen-bond acceptors (Lipinski definition) is 7. The highest BCUT2D eigenvalue weighted by atomic mass is 35.5. The zero-order valence-electron chi connectivity index (χ0n) is 19.7. The maximum Gasteiger partial charge on any atom is 0.338 e. The molecule has 0 bridgehead atoms. The molecule has 0 radical (unpaired) electrons. The third kappa shape index (κ3) is 5.39. The van der Waals surface area contributed by atoms with Gasteiger partial charge in [0.05, 0.1) is 19.3 Å². The summed E-state index contributed by atoms with van der Waals surface area (Å²) >= 11 is 12.3. The molecule has 8 nitrogen and oxygen atoms in total. The summed E-state index contributed by atoms with van der Waals surface area (Å²) < 4.78 is 18.8. The summed E-state index contributed by atoms with van der Waals surface area (Å²) in [6.07, 6.45) is 3.17. The first kappa shape index (κ1) is 24.9. The number of rotatable bonds is 9. The van der Waals surface area contributed by atoms with Gasteiger partial charge in [-0.15, -0.1) is 0 Å². The fraction of sp³-hybridized carbons (Fsp3) is 0.320. The van der Waals surface area contributed by atoms with Gasteiger partial charge in [0, 0.05) is 21.3 Å². The molecule has 0 saturated carbocycles. The van der Waals surface area contributed by atoms with Gasteiger partial charge in [-0.1, -0.05) is 48.7 Å². The van der Waals surface area contributed by atoms with E-state index in [0.717, 1.165) is 24.0 Å². The number of ether oxygens (including phenoxy) is 3. The van der Waals surface area contributed by atoms with E-state index in [4.69, 9.17) is 37.4 Å². The molecule has 35 heavy (non-hydrogen) atoms. The van der Waals surface area contributed by atoms with Crippen molar-refractivity contribution in [2.24, 2.45) is 0 Å². The highest BCUT2D eigenvalue weighted by Gasteiger charge is 2.34. The van der Waals surface area contributed by atoms with E-state index in [9.17, 15) is 4.79 Å². The molecule has 2 heterocycles. The number of carbonyl (C=O) groups is 1. The number of hydrogen-bond donors (Lipinski definition) is 1. The minimum atomic E-state index is -0.545. The maximum absolute atomic E-state index is 13.1. The van der Waals surface area contributed by atoms with Crippen molar-refractivity contribution in [1.29, 1.82) is 0 Å². The molecular weight excluding hydrogens is 491 g/mol. The molecule has 1 aliphatic rings. The number of allylic oxidation sites excluding steroid dienone is 1. The van der Waals surface area contributed by atoms with Gasteiger partial charge in [-0.05, 0) is 43.2 Å². The van der Waals surface area contributed by atoms with Crippen LogP contribution in [0.5, 0.6) is 11.5 Å². The highest BCUT2D eigenvalue weighted by Crippen LogP contribution is 2.39. The van der Waals surface area contributed by atoms with Crippen LogP contribution in [0.3, 0.4) is 0 Å². The fourth-order valence-corrected chi connectivity index (χ4v) is 4.28. The number of carbonyl (C=O) groups excluding carboxylic acids is 1. The summed E-state index contributed by atoms with van der Waals surface area (Å²) in [7, 11) is 1.56. The lowest BCUT2D eigenvalue weighted by Crippen LogP contribution is -2.29. The molecule has 3 aromatic rings. The predicted octanol–water partition coefficient (Wildman–Crippen LogP) is 5.80. The molecule has 0 amide bonds. The zero-order chi connectivity index (χ0) is 24.9. The van der Waals surface area contributed by atoms with Crippen molar-refractivity contribution in [3.8, 4) is 11.5 Å². The van der Waals surface area contributed by atoms with Crippen LogP contribution in [0, 0.1) is 0 Å². The summed E-state index contributed by atoms with van der Waals surface area (Å²) in [4.78, 5) is 17.3. The van der Waals surface area contributed by atoms with Crippen LogP contribution >= 0.6 is 23.2 Å². The molecule has 1 unspecified atom stereocenters. The third-order valence-corrected chi connectivity index (χ3v) is 6.23. The predicted molar refractivity (Wildman–Crippen MR) is 134 cm³/mol. The lowest BCUT2D eigenvalue weighted by atomic mass is 9.95. The van der Waals surface area contributed by atoms with Crippen molar-refractivity contribution in [1.82, 2.24) is 14.8 Å². The molecule has 0 fully saturated rings. The summed E-state index contributed by atoms with van der Waals surface area (Å²) in [6.45, 7) is 4.46. The number of nitrogens with zero attached hydrogens (tertiary/aromatic N) is 3. The molecule has 4 rings (SSSR count). The standard InChI is InChI=1S/C25H26Cl2N4O4/c1-4-5-10-34-24(32)22-15(2)30-25-28-14-29-31(25)23(22)16-7-9-20(21(11-16)33-3)35-13-17-6-8-18(26)12-19(17)27/h6-9,11-12,14,23H,4-5,10,13H2,1-3H3,(H,28,29,30). The van der Waals surface area contributed by atoms with Crippen LogP contribution in [-0.2, 0) is 16.1 Å². The molecular formula is C25H26Cl2N4O4. The third-order valence-electron chi connectivity index (χ3n) is 5.65. The van der Waals surface area contributed by atoms with Crippen molar-refractivity contribution in [3.05, 3.63) is 75.2 Å². The van der Waals surface area contributed by atoms with Gasteiger partial charge in [0.15, 0.2) is 11.5 Å². The van der Waals surface area contributed by atoms with E-state index < -0.39 is 12.0 Å². The Morgan fingerprint density at radius 1 is 1.17 bits per heavy atom. The number of anilines is 1. The zero-order valence-corrected chi connectivity index (χ0v) is 21.2. The summed E-state index contributed by atoms with van der Waals surface area (Å²) in [5, 5.41) is 8.57. The number of methoxy groups -OCH3 is 1. The molecule has 1 N–H and O–H groups in total. The Hall–Kier alpha value is -3.23. The summed E-state index contributed by atoms with van der Waals surface area (Å²) in [6, 6.07) is 10.2. The smallest absolute Gasteiger partial charge is 0.338 e. The largest absolute Gasteiger partial charge is 0.493 e. The molecule has 1 atom stereocenters. The first-order valence-electron chi connectivity index (χ1n) is 11.2. The summed E-state index contributed by atoms with van der Waals surface area (Å²) in [5.74, 6) is 1.17. The first-order valence-corrected chi connectivity index (χ1v) is 12.0. The van der Waals surface area contributed by atoms with Crippen molar-refractivity contribution >= 4 is 35.1 Å². The van der Waals surface area contributed by atoms with Gasteiger partial charge in [-0.2, -0.15) is 10.1 Å². The van der Waals surface area contributed by atoms with Gasteiger partial charge in [-0.25, -0.2) is 9.48 Å². The van der Waals surface area contributed by atoms with Crippen molar-refractivity contribution in [2.45, 2.75) is 39.3 Å². The lowest BCUT2D eigenvalue weighted by molar-refractivity contribution is -0.139. The lowest BCUT2D eigenvalue weighted by Gasteiger charge is -2.28. The van der Waals surface area contributed by atoms with E-state index in [-0.39, 0.29) is 6.61 Å². The van der Waals surface area contributed by atoms with Gasteiger partial charge < -0.3 is 19.5 Å². The number of aromatic nitrogens is 3. The van der Waals surface area contributed by atoms with Gasteiger partial charge in [0.1, 0.15) is 19.0 Å². The van der Waals surface area contributed by atoms with Crippen molar-refractivity contribution in [2.75, 3.05) is 19.0 Å². The Kier molecular flexibility index (Phi) is 7.83. The van der Waals surface area contributed by atoms with Crippen LogP contribution in [0.25, 0.3) is 0 Å². The van der Waals surface area contributed by atoms with E-state index in [1.54, 1.807) is 30.0 Å². The number of esters is 1. The SMILES string of the molecule is CCCCOC(=O)C1=C(C)Nc2ncnn2C1c1ccc(OCc2ccc(Cl)cc2Cl)c(OC)c1. The summed E-state index contributed by atoms with van der Waals surface area (Å²) in [5.41, 5.74) is 2.69. The second-order valence-electron chi connectivity index (χ2n) is 8.02. The molecule has 0 spiro atoms. The van der Waals surface area contributed by atoms with E-state index in [1.165, 1.54) is 6.33 Å². The van der Waals surface area contributed by atoms with Gasteiger partial charge in [-0.3, -0.25) is 0 Å². The van der Waals surface area contributed by atoms with Crippen LogP contribution in [0.2, 0.25) is 10.0 Å². The number of benzene rings is 2. The fourth-order valence-electron chi connectivity index (χ4n) is 3.82. The van der Waals surface area contributed by atoms with Crippen molar-refractivity contribution < 1.29 is 19.0 Å². The average Bonchev–Trinajstić information content (AvgIpc) is 3.30. The van der Waals surface area contributed by atoms with Gasteiger partial charge >= 0.3 is 5.97 Å². The molecule has 2 aromatic carbocycles. The Labute approximate surface area is 213 Å². The second-order valence-corrected chi connectivity index (χ2v) is 8.86. The molecule has 184 valence electrons. The molecule has 0 saturated heterocycles. The minimum Gasteiger partial charge on any atom is -0.493 e. The van der Waals surface area contributed by atoms with Crippen LogP contribution in [0.1, 0.15) is 43.9 Å². The Morgan fingerprint density at radius 2 is 2.00 bits per heavy atom. The van der Waals surface area contributed by atoms with E-state index >= 15 is 0 Å². The average molecular weight is 517 g/mol. The van der Waals surface area contributed by atoms with Crippen LogP contribution in [0.4, 0.5) is 5.95 Å². The minimum absolute atomic E-state index is 0.236. The Morgan fingerprint density at radius 3 is 2.74 bits per heavy atom. The van der Waals surface area contributed by atoms with Crippen LogP contribution in [-0.4, -0.2) is 34.5 Å². The number of fused-ring (bicyclic) bond motifs is 1. The topological polar surface area (TPSA) is 87.5 Å². The highest BCUT2D eigenvalue weighted by molar-refractivity contribution is 6.35. The molecule has 0 aliphatic carbocycles. The number of nitrogens with one attached hydrogen (secondary N) is 1. The second kappa shape index (κ2) is 11.0. The first-order chi connectivity index (χ1) is 16.9. The van der Waals surface area contributed by atoms with Gasteiger partial charge in [0.2, 0.25) is 5.95 Å². The van der Waals surface area contributed by atoms with E-state index in [1.807, 2.05) is 32.0 Å². The normalized spacial score (nSPS) is 14.8. The van der Waals surface area contributed by atoms with E-state index in [2.05, 4.69) is 15.4 Å². The van der Waals surface area contributed by atoms with Crippen LogP contribution < -0.4 is 14.8 Å². The molecule has 1 aliphatic heterocycles. The van der Waals surface area contributed by atoms with Crippen molar-refractivity contribution in [3.63, 3.8) is 0 Å². The quantitative estimate of drug-likeness (QED) is 0.283. The van der Waals surface area contributed by atoms with Crippen LogP contribution in [0.15, 0.2) is 54.0 Å². The Balaban J connectivity index is 1.64. The maximum atomic E-state index is 13.1. The Bertz CT molecular complexity index is 1260. The number of halogens is 2.